The van der Waals surface area contributed by atoms with Crippen molar-refractivity contribution in [3.05, 3.63) is 36.4 Å². The minimum absolute atomic E-state index is 0.834. The molecule has 0 radical (unpaired) electrons. The van der Waals surface area contributed by atoms with E-state index in [0.717, 1.165) is 30.0 Å². The molecule has 1 aromatic carbocycles. The molecule has 0 heterocycles. The zero-order valence-corrected chi connectivity index (χ0v) is 8.23. The number of hydrogen-bond acceptors (Lipinski definition) is 2. The molecule has 1 aliphatic rings. The lowest BCUT2D eigenvalue weighted by atomic mass is 10.2. The third kappa shape index (κ3) is 1.84. The summed E-state index contributed by atoms with van der Waals surface area (Å²) in [6.07, 6.45) is 6.37. The standard InChI is InChI=1S/C12H13NO/c1-14-12-9-5-4-8-11(12)13-10-6-2-3-7-10/h2,4-6,8-9H,3,7H2,1H3. The Morgan fingerprint density at radius 3 is 2.86 bits per heavy atom. The summed E-state index contributed by atoms with van der Waals surface area (Å²) < 4.78 is 5.22. The molecule has 1 aliphatic carbocycles. The van der Waals surface area contributed by atoms with Gasteiger partial charge in [-0.25, -0.2) is 4.99 Å². The van der Waals surface area contributed by atoms with Crippen LogP contribution in [0.25, 0.3) is 0 Å². The summed E-state index contributed by atoms with van der Waals surface area (Å²) in [5.74, 6) is 0.834. The maximum atomic E-state index is 5.22. The maximum Gasteiger partial charge on any atom is 0.144 e. The Morgan fingerprint density at radius 2 is 2.14 bits per heavy atom. The lowest BCUT2D eigenvalue weighted by Crippen LogP contribution is -1.87. The van der Waals surface area contributed by atoms with E-state index in [-0.39, 0.29) is 0 Å². The summed E-state index contributed by atoms with van der Waals surface area (Å²) in [7, 11) is 1.67. The summed E-state index contributed by atoms with van der Waals surface area (Å²) in [6.45, 7) is 0. The lowest BCUT2D eigenvalue weighted by Gasteiger charge is -2.03. The van der Waals surface area contributed by atoms with Crippen molar-refractivity contribution in [1.82, 2.24) is 0 Å². The average Bonchev–Trinajstić information content (AvgIpc) is 2.71. The van der Waals surface area contributed by atoms with E-state index in [4.69, 9.17) is 4.74 Å². The van der Waals surface area contributed by atoms with E-state index < -0.39 is 0 Å². The molecule has 2 heteroatoms. The maximum absolute atomic E-state index is 5.22. The quantitative estimate of drug-likeness (QED) is 0.697. The summed E-state index contributed by atoms with van der Waals surface area (Å²) >= 11 is 0. The first-order valence-electron chi connectivity index (χ1n) is 4.77. The van der Waals surface area contributed by atoms with Gasteiger partial charge in [-0.15, -0.1) is 0 Å². The molecule has 0 unspecified atom stereocenters. The van der Waals surface area contributed by atoms with E-state index in [2.05, 4.69) is 17.1 Å². The monoisotopic (exact) mass is 187 g/mol. The fourth-order valence-corrected chi connectivity index (χ4v) is 1.50. The van der Waals surface area contributed by atoms with Crippen LogP contribution in [0.2, 0.25) is 0 Å². The van der Waals surface area contributed by atoms with E-state index >= 15 is 0 Å². The molecule has 0 amide bonds. The molecule has 14 heavy (non-hydrogen) atoms. The highest BCUT2D eigenvalue weighted by Gasteiger charge is 2.03. The van der Waals surface area contributed by atoms with Crippen molar-refractivity contribution >= 4 is 11.4 Å². The third-order valence-electron chi connectivity index (χ3n) is 2.23. The smallest absolute Gasteiger partial charge is 0.144 e. The number of ether oxygens (including phenoxy) is 1. The predicted molar refractivity (Wildman–Crippen MR) is 58.5 cm³/mol. The molecule has 72 valence electrons. The van der Waals surface area contributed by atoms with Crippen LogP contribution in [0.1, 0.15) is 12.8 Å². The summed E-state index contributed by atoms with van der Waals surface area (Å²) in [5.41, 5.74) is 2.05. The Labute approximate surface area is 83.9 Å². The van der Waals surface area contributed by atoms with E-state index in [1.165, 1.54) is 0 Å². The fraction of sp³-hybridized carbons (Fsp3) is 0.250. The number of para-hydroxylation sites is 2. The van der Waals surface area contributed by atoms with Gasteiger partial charge in [0.15, 0.2) is 0 Å². The summed E-state index contributed by atoms with van der Waals surface area (Å²) in [5, 5.41) is 0. The molecule has 2 rings (SSSR count). The van der Waals surface area contributed by atoms with Crippen molar-refractivity contribution in [2.24, 2.45) is 4.99 Å². The van der Waals surface area contributed by atoms with Gasteiger partial charge >= 0.3 is 0 Å². The largest absolute Gasteiger partial charge is 0.494 e. The number of allylic oxidation sites excluding steroid dienone is 2. The van der Waals surface area contributed by atoms with E-state index in [0.29, 0.717) is 0 Å². The van der Waals surface area contributed by atoms with Gasteiger partial charge in [-0.2, -0.15) is 0 Å². The van der Waals surface area contributed by atoms with Crippen molar-refractivity contribution in [2.45, 2.75) is 12.8 Å². The molecule has 2 nitrogen and oxygen atoms in total. The Morgan fingerprint density at radius 1 is 1.29 bits per heavy atom. The van der Waals surface area contributed by atoms with Gasteiger partial charge in [0.25, 0.3) is 0 Å². The van der Waals surface area contributed by atoms with Gasteiger partial charge < -0.3 is 4.74 Å². The highest BCUT2D eigenvalue weighted by molar-refractivity contribution is 5.98. The van der Waals surface area contributed by atoms with Crippen molar-refractivity contribution in [3.8, 4) is 5.75 Å². The van der Waals surface area contributed by atoms with E-state index in [1.807, 2.05) is 24.3 Å². The van der Waals surface area contributed by atoms with Crippen LogP contribution in [0, 0.1) is 0 Å². The van der Waals surface area contributed by atoms with Crippen LogP contribution in [0.5, 0.6) is 5.75 Å². The van der Waals surface area contributed by atoms with Crippen LogP contribution in [0.3, 0.4) is 0 Å². The summed E-state index contributed by atoms with van der Waals surface area (Å²) in [4.78, 5) is 4.53. The second-order valence-corrected chi connectivity index (χ2v) is 3.22. The molecule has 0 atom stereocenters. The summed E-state index contributed by atoms with van der Waals surface area (Å²) in [6, 6.07) is 7.82. The Balaban J connectivity index is 2.31. The molecule has 0 bridgehead atoms. The van der Waals surface area contributed by atoms with Crippen LogP contribution in [0.15, 0.2) is 41.4 Å². The highest BCUT2D eigenvalue weighted by atomic mass is 16.5. The Bertz CT molecular complexity index is 380. The number of nitrogens with zero attached hydrogens (tertiary/aromatic N) is 1. The van der Waals surface area contributed by atoms with E-state index in [1.54, 1.807) is 7.11 Å². The first-order valence-corrected chi connectivity index (χ1v) is 4.77. The van der Waals surface area contributed by atoms with Crippen LogP contribution in [-0.4, -0.2) is 12.8 Å². The third-order valence-corrected chi connectivity index (χ3v) is 2.23. The molecule has 0 fully saturated rings. The van der Waals surface area contributed by atoms with E-state index in [9.17, 15) is 0 Å². The van der Waals surface area contributed by atoms with Crippen LogP contribution < -0.4 is 4.74 Å². The van der Waals surface area contributed by atoms with Crippen molar-refractivity contribution in [1.29, 1.82) is 0 Å². The minimum atomic E-state index is 0.834. The first kappa shape index (κ1) is 9.00. The molecule has 0 N–H and O–H groups in total. The zero-order chi connectivity index (χ0) is 9.80. The lowest BCUT2D eigenvalue weighted by molar-refractivity contribution is 0.416. The van der Waals surface area contributed by atoms with Gasteiger partial charge in [0.05, 0.1) is 7.11 Å². The van der Waals surface area contributed by atoms with Gasteiger partial charge in [0.2, 0.25) is 0 Å². The van der Waals surface area contributed by atoms with Gasteiger partial charge in [-0.3, -0.25) is 0 Å². The molecule has 1 aromatic rings. The normalized spacial score (nSPS) is 17.6. The molecule has 0 aliphatic heterocycles. The van der Waals surface area contributed by atoms with Crippen molar-refractivity contribution in [3.63, 3.8) is 0 Å². The molecular weight excluding hydrogens is 174 g/mol. The molecule has 0 aromatic heterocycles. The average molecular weight is 187 g/mol. The van der Waals surface area contributed by atoms with Crippen LogP contribution in [-0.2, 0) is 0 Å². The number of hydrogen-bond donors (Lipinski definition) is 0. The zero-order valence-electron chi connectivity index (χ0n) is 8.23. The second-order valence-electron chi connectivity index (χ2n) is 3.22. The number of aliphatic imine (C=N–C) groups is 1. The fourth-order valence-electron chi connectivity index (χ4n) is 1.50. The molecule has 0 saturated carbocycles. The molecular formula is C12H13NO. The molecule has 0 spiro atoms. The second kappa shape index (κ2) is 4.09. The van der Waals surface area contributed by atoms with Gasteiger partial charge in [-0.1, -0.05) is 18.2 Å². The predicted octanol–water partition coefficient (Wildman–Crippen LogP) is 3.12. The van der Waals surface area contributed by atoms with Gasteiger partial charge in [-0.05, 0) is 31.1 Å². The number of rotatable bonds is 2. The first-order chi connectivity index (χ1) is 6.90. The SMILES string of the molecule is COc1ccccc1N=C1C=CCC1. The Hall–Kier alpha value is -1.57. The van der Waals surface area contributed by atoms with Gasteiger partial charge in [0.1, 0.15) is 11.4 Å². The number of benzene rings is 1. The number of methoxy groups -OCH3 is 1. The van der Waals surface area contributed by atoms with Crippen molar-refractivity contribution in [2.75, 3.05) is 7.11 Å². The minimum Gasteiger partial charge on any atom is -0.494 e. The van der Waals surface area contributed by atoms with Gasteiger partial charge in [0, 0.05) is 5.71 Å². The van der Waals surface area contributed by atoms with Crippen molar-refractivity contribution < 1.29 is 4.74 Å². The Kier molecular flexibility index (Phi) is 2.63. The molecule has 0 saturated heterocycles. The van der Waals surface area contributed by atoms with Crippen LogP contribution >= 0.6 is 0 Å². The van der Waals surface area contributed by atoms with Crippen LogP contribution in [0.4, 0.5) is 5.69 Å². The highest BCUT2D eigenvalue weighted by Crippen LogP contribution is 2.27. The topological polar surface area (TPSA) is 21.6 Å².